The minimum atomic E-state index is -0.702. The van der Waals surface area contributed by atoms with Crippen molar-refractivity contribution in [3.05, 3.63) is 65.7 Å². The van der Waals surface area contributed by atoms with Crippen molar-refractivity contribution in [2.45, 2.75) is 17.9 Å². The van der Waals surface area contributed by atoms with Crippen molar-refractivity contribution in [1.82, 2.24) is 4.90 Å². The highest BCUT2D eigenvalue weighted by Gasteiger charge is 2.49. The minimum Gasteiger partial charge on any atom is -0.497 e. The van der Waals surface area contributed by atoms with Crippen molar-refractivity contribution in [3.8, 4) is 5.75 Å². The summed E-state index contributed by atoms with van der Waals surface area (Å²) in [6, 6.07) is 18.2. The molecular formula is C22H25NO4. The van der Waals surface area contributed by atoms with Gasteiger partial charge in [-0.15, -0.1) is 0 Å². The molecule has 2 saturated heterocycles. The Morgan fingerprint density at radius 1 is 1.15 bits per heavy atom. The average molecular weight is 367 g/mol. The van der Waals surface area contributed by atoms with E-state index in [1.54, 1.807) is 7.11 Å². The monoisotopic (exact) mass is 367 g/mol. The molecular weight excluding hydrogens is 342 g/mol. The van der Waals surface area contributed by atoms with E-state index in [9.17, 15) is 9.90 Å². The van der Waals surface area contributed by atoms with E-state index in [-0.39, 0.29) is 17.4 Å². The van der Waals surface area contributed by atoms with Crippen LogP contribution in [0.5, 0.6) is 5.75 Å². The van der Waals surface area contributed by atoms with Gasteiger partial charge in [0.25, 0.3) is 0 Å². The number of carboxylic acid groups (broad SMARTS) is 1. The van der Waals surface area contributed by atoms with E-state index in [1.807, 2.05) is 42.5 Å². The van der Waals surface area contributed by atoms with Crippen LogP contribution in [0.4, 0.5) is 0 Å². The predicted octanol–water partition coefficient (Wildman–Crippen LogP) is 3.11. The average Bonchev–Trinajstić information content (AvgIpc) is 2.68. The third kappa shape index (κ3) is 3.22. The van der Waals surface area contributed by atoms with Gasteiger partial charge in [-0.25, -0.2) is 0 Å². The first-order valence-corrected chi connectivity index (χ1v) is 9.39. The molecule has 2 atom stereocenters. The first kappa shape index (κ1) is 18.0. The lowest BCUT2D eigenvalue weighted by atomic mass is 9.77. The molecule has 5 nitrogen and oxygen atoms in total. The van der Waals surface area contributed by atoms with Crippen LogP contribution in [0.25, 0.3) is 0 Å². The van der Waals surface area contributed by atoms with Gasteiger partial charge in [-0.3, -0.25) is 9.69 Å². The zero-order chi connectivity index (χ0) is 18.9. The van der Waals surface area contributed by atoms with Crippen LogP contribution in [0.3, 0.4) is 0 Å². The van der Waals surface area contributed by atoms with Crippen LogP contribution >= 0.6 is 0 Å². The smallest absolute Gasteiger partial charge is 0.307 e. The first-order valence-electron chi connectivity index (χ1n) is 9.39. The predicted molar refractivity (Wildman–Crippen MR) is 102 cm³/mol. The van der Waals surface area contributed by atoms with E-state index in [0.717, 1.165) is 24.4 Å². The van der Waals surface area contributed by atoms with Crippen LogP contribution < -0.4 is 4.74 Å². The number of ether oxygens (including phenoxy) is 2. The summed E-state index contributed by atoms with van der Waals surface area (Å²) in [5, 5.41) is 9.75. The molecule has 0 amide bonds. The molecule has 5 heteroatoms. The van der Waals surface area contributed by atoms with Crippen LogP contribution in [0, 0.1) is 5.92 Å². The van der Waals surface area contributed by atoms with Crippen molar-refractivity contribution < 1.29 is 19.4 Å². The SMILES string of the molecule is COc1ccc(C2(N3CCC(C(=O)O)C(c4ccccc4)C3)COC2)cc1. The van der Waals surface area contributed by atoms with Crippen molar-refractivity contribution in [3.63, 3.8) is 0 Å². The maximum atomic E-state index is 11.9. The number of hydrogen-bond acceptors (Lipinski definition) is 4. The zero-order valence-electron chi connectivity index (χ0n) is 15.5. The van der Waals surface area contributed by atoms with Crippen LogP contribution in [-0.4, -0.2) is 49.4 Å². The molecule has 2 aromatic carbocycles. The highest BCUT2D eigenvalue weighted by Crippen LogP contribution is 2.42. The molecule has 0 aliphatic carbocycles. The summed E-state index contributed by atoms with van der Waals surface area (Å²) in [6.07, 6.45) is 0.646. The quantitative estimate of drug-likeness (QED) is 0.880. The van der Waals surface area contributed by atoms with E-state index >= 15 is 0 Å². The van der Waals surface area contributed by atoms with Gasteiger partial charge < -0.3 is 14.6 Å². The molecule has 2 aliphatic rings. The summed E-state index contributed by atoms with van der Waals surface area (Å²) < 4.78 is 10.9. The Hall–Kier alpha value is -2.37. The fraction of sp³-hybridized carbons (Fsp3) is 0.409. The number of piperidine rings is 1. The molecule has 2 heterocycles. The van der Waals surface area contributed by atoms with Gasteiger partial charge in [-0.05, 0) is 29.7 Å². The number of methoxy groups -OCH3 is 1. The molecule has 2 aliphatic heterocycles. The molecule has 0 spiro atoms. The summed E-state index contributed by atoms with van der Waals surface area (Å²) in [4.78, 5) is 14.3. The van der Waals surface area contributed by atoms with Crippen molar-refractivity contribution in [2.75, 3.05) is 33.4 Å². The summed E-state index contributed by atoms with van der Waals surface area (Å²) in [6.45, 7) is 2.75. The van der Waals surface area contributed by atoms with Gasteiger partial charge in [0.15, 0.2) is 0 Å². The lowest BCUT2D eigenvalue weighted by molar-refractivity contribution is -0.164. The minimum absolute atomic E-state index is 0.0202. The van der Waals surface area contributed by atoms with Gasteiger partial charge >= 0.3 is 5.97 Å². The van der Waals surface area contributed by atoms with Gasteiger partial charge in [0, 0.05) is 19.0 Å². The van der Waals surface area contributed by atoms with E-state index in [0.29, 0.717) is 19.6 Å². The summed E-state index contributed by atoms with van der Waals surface area (Å²) in [5.74, 6) is -0.238. The van der Waals surface area contributed by atoms with Gasteiger partial charge in [-0.2, -0.15) is 0 Å². The molecule has 2 aromatic rings. The number of nitrogens with zero attached hydrogens (tertiary/aromatic N) is 1. The number of aliphatic carboxylic acids is 1. The van der Waals surface area contributed by atoms with E-state index < -0.39 is 5.97 Å². The number of rotatable bonds is 5. The maximum Gasteiger partial charge on any atom is 0.307 e. The lowest BCUT2D eigenvalue weighted by Crippen LogP contribution is -2.62. The van der Waals surface area contributed by atoms with Crippen LogP contribution in [0.1, 0.15) is 23.5 Å². The highest BCUT2D eigenvalue weighted by atomic mass is 16.5. The molecule has 2 unspecified atom stereocenters. The van der Waals surface area contributed by atoms with Gasteiger partial charge in [0.2, 0.25) is 0 Å². The van der Waals surface area contributed by atoms with E-state index in [1.165, 1.54) is 5.56 Å². The van der Waals surface area contributed by atoms with Crippen molar-refractivity contribution in [1.29, 1.82) is 0 Å². The Bertz CT molecular complexity index is 786. The molecule has 1 N–H and O–H groups in total. The Kier molecular flexibility index (Phi) is 4.89. The number of carbonyl (C=O) groups is 1. The van der Waals surface area contributed by atoms with Crippen LogP contribution in [0.15, 0.2) is 54.6 Å². The summed E-state index contributed by atoms with van der Waals surface area (Å²) >= 11 is 0. The highest BCUT2D eigenvalue weighted by molar-refractivity contribution is 5.71. The summed E-state index contributed by atoms with van der Waals surface area (Å²) in [7, 11) is 1.67. The summed E-state index contributed by atoms with van der Waals surface area (Å²) in [5.41, 5.74) is 2.12. The van der Waals surface area contributed by atoms with Crippen molar-refractivity contribution >= 4 is 5.97 Å². The molecule has 4 rings (SSSR count). The third-order valence-corrected chi connectivity index (χ3v) is 6.07. The maximum absolute atomic E-state index is 11.9. The number of carboxylic acids is 1. The standard InChI is InChI=1S/C22H25NO4/c1-26-18-9-7-17(8-10-18)22(14-27-15-22)23-12-11-19(21(24)25)20(13-23)16-5-3-2-4-6-16/h2-10,19-20H,11-15H2,1H3,(H,24,25). The molecule has 2 fully saturated rings. The Morgan fingerprint density at radius 2 is 1.85 bits per heavy atom. The Balaban J connectivity index is 1.63. The molecule has 0 bridgehead atoms. The zero-order valence-corrected chi connectivity index (χ0v) is 15.5. The van der Waals surface area contributed by atoms with E-state index in [2.05, 4.69) is 17.0 Å². The molecule has 0 saturated carbocycles. The van der Waals surface area contributed by atoms with Gasteiger partial charge in [-0.1, -0.05) is 42.5 Å². The number of likely N-dealkylation sites (tertiary alicyclic amines) is 1. The van der Waals surface area contributed by atoms with Crippen LogP contribution in [0.2, 0.25) is 0 Å². The second kappa shape index (κ2) is 7.33. The number of benzene rings is 2. The fourth-order valence-electron chi connectivity index (χ4n) is 4.40. The van der Waals surface area contributed by atoms with Gasteiger partial charge in [0.1, 0.15) is 5.75 Å². The second-order valence-electron chi connectivity index (χ2n) is 7.45. The number of hydrogen-bond donors (Lipinski definition) is 1. The first-order chi connectivity index (χ1) is 13.1. The molecule has 142 valence electrons. The van der Waals surface area contributed by atoms with Crippen LogP contribution in [-0.2, 0) is 15.1 Å². The Labute approximate surface area is 159 Å². The topological polar surface area (TPSA) is 59.0 Å². The second-order valence-corrected chi connectivity index (χ2v) is 7.45. The normalized spacial score (nSPS) is 24.8. The van der Waals surface area contributed by atoms with Crippen molar-refractivity contribution in [2.24, 2.45) is 5.92 Å². The van der Waals surface area contributed by atoms with Gasteiger partial charge in [0.05, 0.1) is 31.8 Å². The third-order valence-electron chi connectivity index (χ3n) is 6.07. The largest absolute Gasteiger partial charge is 0.497 e. The lowest BCUT2D eigenvalue weighted by Gasteiger charge is -2.53. The Morgan fingerprint density at radius 3 is 2.41 bits per heavy atom. The molecule has 0 radical (unpaired) electrons. The molecule has 0 aromatic heterocycles. The molecule has 27 heavy (non-hydrogen) atoms. The van der Waals surface area contributed by atoms with E-state index in [4.69, 9.17) is 9.47 Å². The fourth-order valence-corrected chi connectivity index (χ4v) is 4.40.